The minimum Gasteiger partial charge on any atom is -0.490 e. The van der Waals surface area contributed by atoms with Crippen LogP contribution in [0.15, 0.2) is 42.5 Å². The number of pyridine rings is 1. The third-order valence-electron chi connectivity index (χ3n) is 2.61. The molecule has 2 N–H and O–H groups in total. The molecule has 0 saturated carbocycles. The number of aryl methyl sites for hydroxylation is 1. The zero-order chi connectivity index (χ0) is 15.1. The van der Waals surface area contributed by atoms with Crippen LogP contribution >= 0.6 is 23.8 Å². The highest BCUT2D eigenvalue weighted by Crippen LogP contribution is 2.22. The highest BCUT2D eigenvalue weighted by molar-refractivity contribution is 7.80. The van der Waals surface area contributed by atoms with Crippen molar-refractivity contribution in [3.05, 3.63) is 53.2 Å². The molecule has 1 aromatic carbocycles. The van der Waals surface area contributed by atoms with Crippen LogP contribution in [0.4, 0.5) is 5.82 Å². The minimum absolute atomic E-state index is 0.465. The monoisotopic (exact) mass is 321 g/mol. The molecule has 0 aliphatic rings. The number of aromatic nitrogens is 1. The van der Waals surface area contributed by atoms with Crippen LogP contribution < -0.4 is 15.4 Å². The van der Waals surface area contributed by atoms with Crippen molar-refractivity contribution in [2.45, 2.75) is 6.92 Å². The summed E-state index contributed by atoms with van der Waals surface area (Å²) in [5.41, 5.74) is 0.935. The number of benzene rings is 1. The van der Waals surface area contributed by atoms with E-state index in [1.165, 1.54) is 0 Å². The molecule has 1 aromatic heterocycles. The molecule has 0 atom stereocenters. The quantitative estimate of drug-likeness (QED) is 0.653. The van der Waals surface area contributed by atoms with Gasteiger partial charge in [-0.25, -0.2) is 4.98 Å². The molecule has 0 aliphatic carbocycles. The standard InChI is InChI=1S/C15H16ClN3OS/c1-11-5-4-8-14(18-11)19-15(21)17-9-10-20-13-7-3-2-6-12(13)16/h2-8H,9-10H2,1H3,(H2,17,18,19,21). The van der Waals surface area contributed by atoms with Crippen molar-refractivity contribution < 1.29 is 4.74 Å². The van der Waals surface area contributed by atoms with Crippen molar-refractivity contribution in [3.63, 3.8) is 0 Å². The van der Waals surface area contributed by atoms with Crippen molar-refractivity contribution >= 4 is 34.7 Å². The first-order chi connectivity index (χ1) is 10.1. The number of nitrogens with one attached hydrogen (secondary N) is 2. The number of rotatable bonds is 5. The van der Waals surface area contributed by atoms with Crippen LogP contribution in [0.3, 0.4) is 0 Å². The second-order valence-corrected chi connectivity index (χ2v) is 5.14. The van der Waals surface area contributed by atoms with Gasteiger partial charge in [-0.1, -0.05) is 29.8 Å². The van der Waals surface area contributed by atoms with Gasteiger partial charge in [-0.15, -0.1) is 0 Å². The van der Waals surface area contributed by atoms with Crippen LogP contribution in [0.5, 0.6) is 5.75 Å². The summed E-state index contributed by atoms with van der Waals surface area (Å²) in [6.07, 6.45) is 0. The van der Waals surface area contributed by atoms with Gasteiger partial charge in [0.25, 0.3) is 0 Å². The molecule has 0 bridgehead atoms. The van der Waals surface area contributed by atoms with Gasteiger partial charge in [0, 0.05) is 5.69 Å². The zero-order valence-electron chi connectivity index (χ0n) is 11.6. The van der Waals surface area contributed by atoms with E-state index in [0.717, 1.165) is 11.5 Å². The maximum atomic E-state index is 6.00. The van der Waals surface area contributed by atoms with Gasteiger partial charge in [-0.2, -0.15) is 0 Å². The molecule has 0 aliphatic heterocycles. The van der Waals surface area contributed by atoms with E-state index in [0.29, 0.717) is 29.0 Å². The SMILES string of the molecule is Cc1cccc(NC(=S)NCCOc2ccccc2Cl)n1. The fourth-order valence-corrected chi connectivity index (χ4v) is 2.06. The smallest absolute Gasteiger partial charge is 0.172 e. The van der Waals surface area contributed by atoms with E-state index in [4.69, 9.17) is 28.6 Å². The summed E-state index contributed by atoms with van der Waals surface area (Å²) in [4.78, 5) is 4.31. The van der Waals surface area contributed by atoms with Crippen molar-refractivity contribution in [2.24, 2.45) is 0 Å². The van der Waals surface area contributed by atoms with E-state index in [1.807, 2.05) is 43.3 Å². The number of hydrogen-bond acceptors (Lipinski definition) is 3. The number of thiocarbonyl (C=S) groups is 1. The van der Waals surface area contributed by atoms with E-state index in [-0.39, 0.29) is 0 Å². The summed E-state index contributed by atoms with van der Waals surface area (Å²) in [7, 11) is 0. The maximum Gasteiger partial charge on any atom is 0.172 e. The van der Waals surface area contributed by atoms with Crippen molar-refractivity contribution in [1.29, 1.82) is 0 Å². The Labute approximate surface area is 134 Å². The minimum atomic E-state index is 0.465. The van der Waals surface area contributed by atoms with Crippen molar-refractivity contribution in [3.8, 4) is 5.75 Å². The Morgan fingerprint density at radius 2 is 2.05 bits per heavy atom. The Hall–Kier alpha value is -1.85. The maximum absolute atomic E-state index is 6.00. The van der Waals surface area contributed by atoms with E-state index < -0.39 is 0 Å². The normalized spacial score (nSPS) is 10.0. The Kier molecular flexibility index (Phi) is 5.78. The van der Waals surface area contributed by atoms with Gasteiger partial charge in [-0.3, -0.25) is 0 Å². The van der Waals surface area contributed by atoms with Crippen LogP contribution in [0.1, 0.15) is 5.69 Å². The van der Waals surface area contributed by atoms with Crippen molar-refractivity contribution in [2.75, 3.05) is 18.5 Å². The number of para-hydroxylation sites is 1. The Morgan fingerprint density at radius 1 is 1.24 bits per heavy atom. The molecule has 0 radical (unpaired) electrons. The zero-order valence-corrected chi connectivity index (χ0v) is 13.2. The van der Waals surface area contributed by atoms with Crippen LogP contribution in [0.2, 0.25) is 5.02 Å². The molecule has 21 heavy (non-hydrogen) atoms. The Morgan fingerprint density at radius 3 is 2.81 bits per heavy atom. The van der Waals surface area contributed by atoms with Crippen LogP contribution in [0, 0.1) is 6.92 Å². The first-order valence-electron chi connectivity index (χ1n) is 6.51. The number of hydrogen-bond donors (Lipinski definition) is 2. The summed E-state index contributed by atoms with van der Waals surface area (Å²) in [6, 6.07) is 13.1. The lowest BCUT2D eigenvalue weighted by Gasteiger charge is -2.11. The fraction of sp³-hybridized carbons (Fsp3) is 0.200. The first kappa shape index (κ1) is 15.5. The highest BCUT2D eigenvalue weighted by atomic mass is 35.5. The lowest BCUT2D eigenvalue weighted by Crippen LogP contribution is -2.32. The van der Waals surface area contributed by atoms with Gasteiger partial charge in [0.2, 0.25) is 0 Å². The first-order valence-corrected chi connectivity index (χ1v) is 7.29. The van der Waals surface area contributed by atoms with E-state index >= 15 is 0 Å². The van der Waals surface area contributed by atoms with Crippen LogP contribution in [0.25, 0.3) is 0 Å². The summed E-state index contributed by atoms with van der Waals surface area (Å²) < 4.78 is 5.56. The molecule has 0 fully saturated rings. The van der Waals surface area contributed by atoms with E-state index in [1.54, 1.807) is 6.07 Å². The number of halogens is 1. The second-order valence-electron chi connectivity index (χ2n) is 4.32. The predicted octanol–water partition coefficient (Wildman–Crippen LogP) is 3.41. The molecule has 0 saturated heterocycles. The summed E-state index contributed by atoms with van der Waals surface area (Å²) in [6.45, 7) is 2.97. The van der Waals surface area contributed by atoms with Gasteiger partial charge in [0.15, 0.2) is 5.11 Å². The van der Waals surface area contributed by atoms with E-state index in [2.05, 4.69) is 15.6 Å². The Balaban J connectivity index is 1.71. The molecule has 1 heterocycles. The van der Waals surface area contributed by atoms with Crippen LogP contribution in [-0.2, 0) is 0 Å². The van der Waals surface area contributed by atoms with E-state index in [9.17, 15) is 0 Å². The summed E-state index contributed by atoms with van der Waals surface area (Å²) in [5, 5.41) is 7.18. The largest absolute Gasteiger partial charge is 0.490 e. The highest BCUT2D eigenvalue weighted by Gasteiger charge is 2.01. The Bertz CT molecular complexity index is 621. The van der Waals surface area contributed by atoms with Gasteiger partial charge in [-0.05, 0) is 43.4 Å². The van der Waals surface area contributed by atoms with Gasteiger partial charge in [0.05, 0.1) is 11.6 Å². The predicted molar refractivity (Wildman–Crippen MR) is 90.1 cm³/mol. The molecule has 0 spiro atoms. The summed E-state index contributed by atoms with van der Waals surface area (Å²) in [5.74, 6) is 1.39. The molecule has 0 unspecified atom stereocenters. The third kappa shape index (κ3) is 5.21. The molecular weight excluding hydrogens is 306 g/mol. The molecule has 0 amide bonds. The molecule has 6 heteroatoms. The summed E-state index contributed by atoms with van der Waals surface area (Å²) >= 11 is 11.2. The van der Waals surface area contributed by atoms with Crippen LogP contribution in [-0.4, -0.2) is 23.2 Å². The molecule has 4 nitrogen and oxygen atoms in total. The lowest BCUT2D eigenvalue weighted by atomic mass is 10.3. The molecular formula is C15H16ClN3OS. The topological polar surface area (TPSA) is 46.2 Å². The van der Waals surface area contributed by atoms with Gasteiger partial charge in [0.1, 0.15) is 18.2 Å². The number of nitrogens with zero attached hydrogens (tertiary/aromatic N) is 1. The second kappa shape index (κ2) is 7.81. The number of ether oxygens (including phenoxy) is 1. The van der Waals surface area contributed by atoms with Gasteiger partial charge < -0.3 is 15.4 Å². The average molecular weight is 322 g/mol. The van der Waals surface area contributed by atoms with Gasteiger partial charge >= 0.3 is 0 Å². The average Bonchev–Trinajstić information content (AvgIpc) is 2.45. The lowest BCUT2D eigenvalue weighted by molar-refractivity contribution is 0.323. The molecule has 2 aromatic rings. The molecule has 2 rings (SSSR count). The molecule has 110 valence electrons. The number of anilines is 1. The fourth-order valence-electron chi connectivity index (χ4n) is 1.66. The third-order valence-corrected chi connectivity index (χ3v) is 3.17. The van der Waals surface area contributed by atoms with Crippen molar-refractivity contribution in [1.82, 2.24) is 10.3 Å².